The lowest BCUT2D eigenvalue weighted by Crippen LogP contribution is -2.69. The van der Waals surface area contributed by atoms with Gasteiger partial charge in [0, 0.05) is 43.7 Å². The molecule has 0 saturated heterocycles. The number of carbonyl (C=O) groups is 1. The summed E-state index contributed by atoms with van der Waals surface area (Å²) in [6.07, 6.45) is 9.04. The number of hydrogen-bond acceptors (Lipinski definition) is 8. The van der Waals surface area contributed by atoms with Gasteiger partial charge in [-0.1, -0.05) is 60.5 Å². The number of nitrogens with zero attached hydrogens (tertiary/aromatic N) is 2. The zero-order chi connectivity index (χ0) is 37.0. The van der Waals surface area contributed by atoms with Gasteiger partial charge in [0.1, 0.15) is 23.1 Å². The summed E-state index contributed by atoms with van der Waals surface area (Å²) < 4.78 is 14.1. The van der Waals surface area contributed by atoms with Crippen LogP contribution in [0.5, 0.6) is 11.5 Å². The van der Waals surface area contributed by atoms with Crippen molar-refractivity contribution in [2.45, 2.75) is 89.1 Å². The summed E-state index contributed by atoms with van der Waals surface area (Å²) in [6, 6.07) is 18.3. The van der Waals surface area contributed by atoms with Crippen molar-refractivity contribution in [1.82, 2.24) is 4.90 Å². The summed E-state index contributed by atoms with van der Waals surface area (Å²) in [4.78, 5) is 22.5. The molecule has 1 amide bonds. The molecule has 0 spiro atoms. The molecule has 6 atom stereocenters. The number of likely N-dealkylation sites (N-methyl/N-ethyl adjacent to an activating group) is 1. The monoisotopic (exact) mass is 710 g/mol. The number of fused-ring (bicyclic) bond motifs is 3. The summed E-state index contributed by atoms with van der Waals surface area (Å²) in [5.74, 6) is -1.19. The van der Waals surface area contributed by atoms with Gasteiger partial charge >= 0.3 is 0 Å². The van der Waals surface area contributed by atoms with Crippen molar-refractivity contribution in [3.63, 3.8) is 0 Å². The maximum Gasteiger partial charge on any atom is 0.254 e. The first-order valence-electron chi connectivity index (χ1n) is 18.7. The molecule has 278 valence electrons. The van der Waals surface area contributed by atoms with E-state index in [2.05, 4.69) is 12.7 Å². The van der Waals surface area contributed by atoms with Crippen molar-refractivity contribution in [3.05, 3.63) is 96.1 Å². The summed E-state index contributed by atoms with van der Waals surface area (Å²) in [5, 5.41) is 37.3. The number of hydrogen-bond donors (Lipinski definition) is 3. The number of benzene rings is 3. The first-order chi connectivity index (χ1) is 25.0. The molecule has 3 N–H and O–H groups in total. The van der Waals surface area contributed by atoms with Gasteiger partial charge in [-0.3, -0.25) is 4.79 Å². The number of oxime groups is 1. The molecule has 0 unspecified atom stereocenters. The first-order valence-corrected chi connectivity index (χ1v) is 18.7. The van der Waals surface area contributed by atoms with Gasteiger partial charge in [-0.15, -0.1) is 6.58 Å². The fourth-order valence-electron chi connectivity index (χ4n) is 8.60. The molecule has 9 heteroatoms. The van der Waals surface area contributed by atoms with E-state index in [4.69, 9.17) is 19.5 Å². The zero-order valence-corrected chi connectivity index (χ0v) is 31.0. The summed E-state index contributed by atoms with van der Waals surface area (Å²) >= 11 is 0. The normalized spacial score (nSPS) is 25.8. The largest absolute Gasteiger partial charge is 0.508 e. The van der Waals surface area contributed by atoms with Crippen molar-refractivity contribution in [1.29, 1.82) is 0 Å². The van der Waals surface area contributed by atoms with Gasteiger partial charge in [-0.25, -0.2) is 0 Å². The Morgan fingerprint density at radius 1 is 1.02 bits per heavy atom. The SMILES string of the molecule is C=CCO[C@@]12Oc3ccc(O)cc3[C@H]3[C@H](CCCCO)[C@@H](CCCCO)C=C(C(=NOC(C)(C)C)C[C@@H]1N(C)C(=O)c1ccc4ccccc4c1)[C@H]32. The van der Waals surface area contributed by atoms with E-state index >= 15 is 0 Å². The lowest BCUT2D eigenvalue weighted by atomic mass is 9.55. The van der Waals surface area contributed by atoms with E-state index in [0.29, 0.717) is 30.6 Å². The Morgan fingerprint density at radius 3 is 2.46 bits per heavy atom. The minimum atomic E-state index is -1.35. The first kappa shape index (κ1) is 37.6. The fourth-order valence-corrected chi connectivity index (χ4v) is 8.60. The van der Waals surface area contributed by atoms with Crippen LogP contribution in [-0.4, -0.2) is 76.1 Å². The molecule has 1 aliphatic heterocycles. The van der Waals surface area contributed by atoms with E-state index < -0.39 is 23.3 Å². The molecule has 1 fully saturated rings. The van der Waals surface area contributed by atoms with Crippen LogP contribution < -0.4 is 4.74 Å². The third kappa shape index (κ3) is 7.49. The highest BCUT2D eigenvalue weighted by Gasteiger charge is 2.65. The molecule has 52 heavy (non-hydrogen) atoms. The minimum absolute atomic E-state index is 0.0835. The molecule has 6 rings (SSSR count). The molecule has 0 radical (unpaired) electrons. The van der Waals surface area contributed by atoms with Crippen LogP contribution in [0.15, 0.2) is 90.1 Å². The van der Waals surface area contributed by atoms with Gasteiger partial charge in [0.15, 0.2) is 0 Å². The average Bonchev–Trinajstić information content (AvgIpc) is 3.13. The van der Waals surface area contributed by atoms with Crippen LogP contribution in [0.25, 0.3) is 10.8 Å². The Hall–Kier alpha value is -4.18. The van der Waals surface area contributed by atoms with Crippen LogP contribution in [0.2, 0.25) is 0 Å². The van der Waals surface area contributed by atoms with Crippen LogP contribution in [0.4, 0.5) is 0 Å². The van der Waals surface area contributed by atoms with Crippen molar-refractivity contribution >= 4 is 22.4 Å². The van der Waals surface area contributed by atoms with Gasteiger partial charge in [0.05, 0.1) is 18.2 Å². The number of aliphatic hydroxyl groups excluding tert-OH is 2. The smallest absolute Gasteiger partial charge is 0.254 e. The molecular formula is C43H54N2O7. The second-order valence-corrected chi connectivity index (χ2v) is 15.5. The number of ether oxygens (including phenoxy) is 2. The van der Waals surface area contributed by atoms with E-state index in [-0.39, 0.29) is 49.2 Å². The Bertz CT molecular complexity index is 1810. The quantitative estimate of drug-likeness (QED) is 0.0889. The molecular weight excluding hydrogens is 656 g/mol. The Balaban J connectivity index is 1.56. The van der Waals surface area contributed by atoms with Crippen molar-refractivity contribution in [2.75, 3.05) is 26.9 Å². The van der Waals surface area contributed by atoms with E-state index in [9.17, 15) is 20.1 Å². The third-order valence-electron chi connectivity index (χ3n) is 10.9. The Kier molecular flexibility index (Phi) is 11.4. The van der Waals surface area contributed by atoms with Gasteiger partial charge < -0.3 is 34.5 Å². The summed E-state index contributed by atoms with van der Waals surface area (Å²) in [6.45, 7) is 10.3. The van der Waals surface area contributed by atoms with Crippen LogP contribution in [-0.2, 0) is 9.57 Å². The molecule has 3 aromatic carbocycles. The average molecular weight is 711 g/mol. The number of aromatic hydroxyl groups is 1. The topological polar surface area (TPSA) is 121 Å². The van der Waals surface area contributed by atoms with E-state index in [1.54, 1.807) is 29.2 Å². The maximum absolute atomic E-state index is 14.6. The Labute approximate surface area is 307 Å². The van der Waals surface area contributed by atoms with Crippen LogP contribution in [0, 0.1) is 17.8 Å². The highest BCUT2D eigenvalue weighted by atomic mass is 16.7. The number of phenols is 1. The number of aliphatic hydroxyl groups is 2. The van der Waals surface area contributed by atoms with E-state index in [1.165, 1.54) is 0 Å². The summed E-state index contributed by atoms with van der Waals surface area (Å²) in [7, 11) is 1.81. The van der Waals surface area contributed by atoms with E-state index in [1.807, 2.05) is 70.3 Å². The van der Waals surface area contributed by atoms with Crippen LogP contribution in [0.3, 0.4) is 0 Å². The summed E-state index contributed by atoms with van der Waals surface area (Å²) in [5.41, 5.74) is 2.57. The van der Waals surface area contributed by atoms with Gasteiger partial charge in [-0.2, -0.15) is 0 Å². The molecule has 0 bridgehead atoms. The van der Waals surface area contributed by atoms with Crippen LogP contribution >= 0.6 is 0 Å². The van der Waals surface area contributed by atoms with Crippen LogP contribution in [0.1, 0.15) is 87.6 Å². The highest BCUT2D eigenvalue weighted by Crippen LogP contribution is 2.61. The van der Waals surface area contributed by atoms with Crippen molar-refractivity contribution < 1.29 is 34.4 Å². The maximum atomic E-state index is 14.6. The number of rotatable bonds is 14. The molecule has 3 aromatic rings. The van der Waals surface area contributed by atoms with Gasteiger partial charge in [0.25, 0.3) is 5.91 Å². The molecule has 0 aromatic heterocycles. The number of amides is 1. The third-order valence-corrected chi connectivity index (χ3v) is 10.9. The molecule has 1 saturated carbocycles. The second kappa shape index (κ2) is 15.8. The number of allylic oxidation sites excluding steroid dienone is 1. The standard InChI is InChI=1S/C43H54N2O7/c1-6-23-50-43-38(45(5)41(49)31-18-17-28-13-7-8-14-29(28)24-31)27-36(44-52-42(2,3)4)34-25-30(15-9-11-21-46)33(16-10-12-22-47)39(40(34)43)35-26-32(48)19-20-37(35)51-43/h6-8,13-14,17-20,24-26,30,33,38-40,46-48H,1,9-12,15-16,21-23,27H2,2-5H3/t30-,33+,38-,39+,40+,43+/m0/s1. The number of phenolic OH excluding ortho intramolecular Hbond substituents is 1. The molecule has 9 nitrogen and oxygen atoms in total. The number of unbranched alkanes of at least 4 members (excludes halogenated alkanes) is 2. The zero-order valence-electron chi connectivity index (χ0n) is 31.0. The lowest BCUT2D eigenvalue weighted by Gasteiger charge is -2.59. The molecule has 1 heterocycles. The minimum Gasteiger partial charge on any atom is -0.508 e. The highest BCUT2D eigenvalue weighted by molar-refractivity contribution is 6.04. The van der Waals surface area contributed by atoms with Gasteiger partial charge in [-0.05, 0) is 105 Å². The second-order valence-electron chi connectivity index (χ2n) is 15.5. The van der Waals surface area contributed by atoms with E-state index in [0.717, 1.165) is 53.3 Å². The fraction of sp³-hybridized carbons (Fsp3) is 0.488. The Morgan fingerprint density at radius 2 is 1.75 bits per heavy atom. The van der Waals surface area contributed by atoms with Crippen molar-refractivity contribution in [2.24, 2.45) is 22.9 Å². The van der Waals surface area contributed by atoms with Crippen molar-refractivity contribution in [3.8, 4) is 11.5 Å². The molecule has 2 aliphatic carbocycles. The lowest BCUT2D eigenvalue weighted by molar-refractivity contribution is -0.252. The predicted octanol–water partition coefficient (Wildman–Crippen LogP) is 7.75. The van der Waals surface area contributed by atoms with Gasteiger partial charge in [0.2, 0.25) is 5.79 Å². The number of carbonyl (C=O) groups excluding carboxylic acids is 1. The predicted molar refractivity (Wildman–Crippen MR) is 204 cm³/mol. The molecule has 3 aliphatic rings.